The Morgan fingerprint density at radius 3 is 1.78 bits per heavy atom. The summed E-state index contributed by atoms with van der Waals surface area (Å²) in [6, 6.07) is 0. The van der Waals surface area contributed by atoms with Crippen LogP contribution in [0.2, 0.25) is 0 Å². The molecule has 0 radical (unpaired) electrons. The van der Waals surface area contributed by atoms with Gasteiger partial charge in [-0.25, -0.2) is 0 Å². The van der Waals surface area contributed by atoms with E-state index in [1.54, 1.807) is 0 Å². The summed E-state index contributed by atoms with van der Waals surface area (Å²) in [5.74, 6) is 0. The average molecular weight is 176 g/mol. The lowest BCUT2D eigenvalue weighted by atomic mass is 10.3. The summed E-state index contributed by atoms with van der Waals surface area (Å²) >= 11 is 9.81. The highest BCUT2D eigenvalue weighted by molar-refractivity contribution is 6.24. The zero-order chi connectivity index (χ0) is 7.65. The smallest absolute Gasteiger partial charge is 0.221 e. The number of aliphatic hydroxyl groups is 3. The molecule has 0 spiro atoms. The summed E-state index contributed by atoms with van der Waals surface area (Å²) in [7, 11) is 0. The summed E-state index contributed by atoms with van der Waals surface area (Å²) in [6.07, 6.45) is -1.76. The maximum absolute atomic E-state index is 8.57. The number of rotatable bonds is 2. The molecular weight excluding hydrogens is 169 g/mol. The van der Waals surface area contributed by atoms with Crippen LogP contribution in [-0.4, -0.2) is 32.2 Å². The van der Waals surface area contributed by atoms with Gasteiger partial charge in [0.2, 0.25) is 5.18 Å². The van der Waals surface area contributed by atoms with E-state index in [0.29, 0.717) is 0 Å². The zero-order valence-electron chi connectivity index (χ0n) is 4.33. The maximum Gasteiger partial charge on any atom is 0.221 e. The lowest BCUT2D eigenvalue weighted by Gasteiger charge is -2.22. The summed E-state index contributed by atoms with van der Waals surface area (Å²) in [6.45, 7) is 0. The predicted octanol–water partition coefficient (Wildman–Crippen LogP) is -1.25. The molecule has 0 heterocycles. The third-order valence-electron chi connectivity index (χ3n) is 0.675. The quantitative estimate of drug-likeness (QED) is 0.240. The summed E-state index contributed by atoms with van der Waals surface area (Å²) in [5.41, 5.74) is 3.04. The Bertz CT molecular complexity index is 91.5. The van der Waals surface area contributed by atoms with E-state index < -0.39 is 16.9 Å². The fourth-order valence-corrected chi connectivity index (χ4v) is 0.569. The molecule has 56 valence electrons. The third kappa shape index (κ3) is 3.20. The number of nitrogens with two attached hydrogens (primary N) is 1. The van der Waals surface area contributed by atoms with Gasteiger partial charge in [-0.15, -0.1) is 0 Å². The highest BCUT2D eigenvalue weighted by Gasteiger charge is 2.33. The van der Waals surface area contributed by atoms with Gasteiger partial charge >= 0.3 is 0 Å². The molecule has 0 bridgehead atoms. The largest absolute Gasteiger partial charge is 0.383 e. The van der Waals surface area contributed by atoms with Crippen LogP contribution >= 0.6 is 23.2 Å². The molecule has 4 nitrogen and oxygen atoms in total. The van der Waals surface area contributed by atoms with E-state index >= 15 is 0 Å². The second-order valence-corrected chi connectivity index (χ2v) is 2.60. The minimum Gasteiger partial charge on any atom is -0.383 e. The van der Waals surface area contributed by atoms with Crippen LogP contribution in [0.4, 0.5) is 0 Å². The molecule has 0 rings (SSSR count). The summed E-state index contributed by atoms with van der Waals surface area (Å²) in [5, 5.41) is 23.1. The van der Waals surface area contributed by atoms with Crippen LogP contribution in [0.3, 0.4) is 0 Å². The Labute approximate surface area is 61.8 Å². The van der Waals surface area contributed by atoms with Crippen molar-refractivity contribution in [2.75, 3.05) is 0 Å². The van der Waals surface area contributed by atoms with Gasteiger partial charge < -0.3 is 15.3 Å². The molecule has 0 fully saturated rings. The molecule has 0 aromatic heterocycles. The standard InChI is InChI=1S/C3H7Cl2NO3/c4-2(8)1(7)3(5,6)9/h1-2,7-9H,6H2. The van der Waals surface area contributed by atoms with E-state index in [2.05, 4.69) is 0 Å². The minimum absolute atomic E-state index is 1.67. The van der Waals surface area contributed by atoms with Crippen LogP contribution in [0, 0.1) is 0 Å². The molecule has 0 aromatic rings. The van der Waals surface area contributed by atoms with Crippen LogP contribution < -0.4 is 5.73 Å². The van der Waals surface area contributed by atoms with E-state index in [0.717, 1.165) is 0 Å². The molecule has 0 aliphatic heterocycles. The zero-order valence-corrected chi connectivity index (χ0v) is 5.84. The molecule has 0 amide bonds. The van der Waals surface area contributed by atoms with Gasteiger partial charge in [0.05, 0.1) is 0 Å². The van der Waals surface area contributed by atoms with Gasteiger partial charge in [0.15, 0.2) is 11.7 Å². The fourth-order valence-electron chi connectivity index (χ4n) is 0.193. The molecule has 0 aliphatic rings. The highest BCUT2D eigenvalue weighted by Crippen LogP contribution is 2.13. The molecule has 0 saturated heterocycles. The van der Waals surface area contributed by atoms with Gasteiger partial charge in [-0.2, -0.15) is 0 Å². The van der Waals surface area contributed by atoms with Crippen LogP contribution in [0.1, 0.15) is 0 Å². The average Bonchev–Trinajstić information content (AvgIpc) is 1.62. The molecule has 5 N–H and O–H groups in total. The van der Waals surface area contributed by atoms with Gasteiger partial charge in [-0.1, -0.05) is 23.2 Å². The van der Waals surface area contributed by atoms with Crippen molar-refractivity contribution in [1.29, 1.82) is 0 Å². The first kappa shape index (κ1) is 9.42. The first-order valence-electron chi connectivity index (χ1n) is 2.06. The molecule has 0 aromatic carbocycles. The lowest BCUT2D eigenvalue weighted by molar-refractivity contribution is -0.0512. The van der Waals surface area contributed by atoms with Crippen LogP contribution in [-0.2, 0) is 0 Å². The molecule has 3 unspecified atom stereocenters. The number of hydrogen-bond donors (Lipinski definition) is 4. The SMILES string of the molecule is NC(O)(Cl)C(O)C(O)Cl. The van der Waals surface area contributed by atoms with Crippen molar-refractivity contribution in [1.82, 2.24) is 0 Å². The number of alkyl halides is 2. The topological polar surface area (TPSA) is 86.7 Å². The fraction of sp³-hybridized carbons (Fsp3) is 1.00. The Morgan fingerprint density at radius 2 is 1.78 bits per heavy atom. The van der Waals surface area contributed by atoms with Gasteiger partial charge in [-0.05, 0) is 0 Å². The van der Waals surface area contributed by atoms with Gasteiger partial charge in [-0.3, -0.25) is 5.73 Å². The Hall–Kier alpha value is 0.420. The van der Waals surface area contributed by atoms with E-state index in [1.807, 2.05) is 0 Å². The monoisotopic (exact) mass is 175 g/mol. The van der Waals surface area contributed by atoms with Gasteiger partial charge in [0.1, 0.15) is 0 Å². The van der Waals surface area contributed by atoms with Crippen molar-refractivity contribution in [2.45, 2.75) is 16.9 Å². The second kappa shape index (κ2) is 3.01. The van der Waals surface area contributed by atoms with Crippen LogP contribution in [0.15, 0.2) is 0 Å². The van der Waals surface area contributed by atoms with Crippen LogP contribution in [0.5, 0.6) is 0 Å². The highest BCUT2D eigenvalue weighted by atomic mass is 35.5. The summed E-state index contributed by atoms with van der Waals surface area (Å²) < 4.78 is 0. The van der Waals surface area contributed by atoms with Crippen molar-refractivity contribution in [3.05, 3.63) is 0 Å². The lowest BCUT2D eigenvalue weighted by Crippen LogP contribution is -2.49. The first-order valence-corrected chi connectivity index (χ1v) is 2.87. The Morgan fingerprint density at radius 1 is 1.44 bits per heavy atom. The van der Waals surface area contributed by atoms with E-state index in [9.17, 15) is 0 Å². The Balaban J connectivity index is 3.88. The molecular formula is C3H7Cl2NO3. The predicted molar refractivity (Wildman–Crippen MR) is 32.9 cm³/mol. The summed E-state index contributed by atoms with van der Waals surface area (Å²) in [4.78, 5) is 0. The van der Waals surface area contributed by atoms with Crippen molar-refractivity contribution in [3.63, 3.8) is 0 Å². The molecule has 3 atom stereocenters. The number of aliphatic hydroxyl groups excluding tert-OH is 2. The maximum atomic E-state index is 8.57. The minimum atomic E-state index is -2.37. The first-order chi connectivity index (χ1) is 3.85. The number of halogens is 2. The van der Waals surface area contributed by atoms with E-state index in [-0.39, 0.29) is 0 Å². The van der Waals surface area contributed by atoms with Crippen molar-refractivity contribution in [3.8, 4) is 0 Å². The molecule has 9 heavy (non-hydrogen) atoms. The van der Waals surface area contributed by atoms with Gasteiger partial charge in [0.25, 0.3) is 0 Å². The molecule has 0 aliphatic carbocycles. The van der Waals surface area contributed by atoms with Crippen molar-refractivity contribution >= 4 is 23.2 Å². The van der Waals surface area contributed by atoms with E-state index in [1.165, 1.54) is 0 Å². The van der Waals surface area contributed by atoms with E-state index in [4.69, 9.17) is 44.3 Å². The van der Waals surface area contributed by atoms with Crippen molar-refractivity contribution in [2.24, 2.45) is 5.73 Å². The normalized spacial score (nSPS) is 24.7. The van der Waals surface area contributed by atoms with Crippen LogP contribution in [0.25, 0.3) is 0 Å². The molecule has 0 saturated carbocycles. The molecule has 6 heteroatoms. The van der Waals surface area contributed by atoms with Crippen molar-refractivity contribution < 1.29 is 15.3 Å². The third-order valence-corrected chi connectivity index (χ3v) is 1.14. The number of hydrogen-bond acceptors (Lipinski definition) is 4. The van der Waals surface area contributed by atoms with Gasteiger partial charge in [0, 0.05) is 0 Å². The Kier molecular flexibility index (Phi) is 3.15. The second-order valence-electron chi connectivity index (χ2n) is 1.55.